The number of benzene rings is 1. The van der Waals surface area contributed by atoms with Crippen LogP contribution in [0.2, 0.25) is 0 Å². The molecule has 12 heteroatoms. The van der Waals surface area contributed by atoms with Crippen molar-refractivity contribution in [3.63, 3.8) is 0 Å². The molecule has 1 heterocycles. The fourth-order valence-electron chi connectivity index (χ4n) is 2.61. The smallest absolute Gasteiger partial charge is 0.277 e. The maximum Gasteiger partial charge on any atom is 0.277 e. The molecule has 0 aliphatic rings. The number of nitriles is 1. The molecule has 0 saturated carbocycles. The average molecular weight is 477 g/mol. The highest BCUT2D eigenvalue weighted by atomic mass is 32.2. The highest BCUT2D eigenvalue weighted by molar-refractivity contribution is 7.89. The van der Waals surface area contributed by atoms with Crippen molar-refractivity contribution >= 4 is 44.3 Å². The summed E-state index contributed by atoms with van der Waals surface area (Å²) in [6, 6.07) is 7.91. The normalized spacial score (nSPS) is 12.1. The van der Waals surface area contributed by atoms with Gasteiger partial charge >= 0.3 is 0 Å². The van der Waals surface area contributed by atoms with Crippen molar-refractivity contribution in [3.05, 3.63) is 50.0 Å². The number of hydrogen-bond donors (Lipinski definition) is 3. The van der Waals surface area contributed by atoms with Crippen molar-refractivity contribution < 1.29 is 13.2 Å². The molecule has 2 aromatic rings. The van der Waals surface area contributed by atoms with Gasteiger partial charge in [-0.25, -0.2) is 13.1 Å². The Morgan fingerprint density at radius 1 is 1.38 bits per heavy atom. The molecule has 0 spiro atoms. The number of anilines is 1. The first-order valence-electron chi connectivity index (χ1n) is 9.50. The number of thiazole rings is 1. The van der Waals surface area contributed by atoms with Gasteiger partial charge in [0.1, 0.15) is 15.3 Å². The van der Waals surface area contributed by atoms with Crippen LogP contribution in [0.25, 0.3) is 11.3 Å². The number of aromatic nitrogens is 1. The molecule has 1 aromatic carbocycles. The number of rotatable bonds is 9. The molecule has 1 amide bonds. The van der Waals surface area contributed by atoms with E-state index in [2.05, 4.69) is 15.8 Å². The number of nitrogens with zero attached hydrogens (tertiary/aromatic N) is 3. The van der Waals surface area contributed by atoms with Crippen LogP contribution in [0.3, 0.4) is 0 Å². The summed E-state index contributed by atoms with van der Waals surface area (Å²) in [5.41, 5.74) is 7.77. The predicted octanol–water partition coefficient (Wildman–Crippen LogP) is -1.07. The molecule has 0 unspecified atom stereocenters. The van der Waals surface area contributed by atoms with Crippen LogP contribution >= 0.6 is 11.3 Å². The number of nitrogens with one attached hydrogen (secondary N) is 2. The molecule has 0 fully saturated rings. The Kier molecular flexibility index (Phi) is 8.54. The molecule has 0 bridgehead atoms. The number of primary amides is 1. The lowest BCUT2D eigenvalue weighted by Gasteiger charge is -2.11. The van der Waals surface area contributed by atoms with E-state index in [4.69, 9.17) is 5.73 Å². The van der Waals surface area contributed by atoms with Crippen LogP contribution in [-0.4, -0.2) is 51.0 Å². The third kappa shape index (κ3) is 6.16. The lowest BCUT2D eigenvalue weighted by atomic mass is 10.3. The molecule has 0 aliphatic heterocycles. The van der Waals surface area contributed by atoms with Crippen molar-refractivity contribution in [2.24, 2.45) is 5.73 Å². The lowest BCUT2D eigenvalue weighted by Crippen LogP contribution is -2.32. The monoisotopic (exact) mass is 476 g/mol. The van der Waals surface area contributed by atoms with Crippen LogP contribution in [0, 0.1) is 11.3 Å². The van der Waals surface area contributed by atoms with Crippen molar-refractivity contribution in [3.8, 4) is 6.07 Å². The fraction of sp³-hybridized carbons (Fsp3) is 0.300. The SMILES string of the molecule is CCn1c(=O)c(=C=CNc2cccc(S(=O)(=O)NCCN(C)C)c2)s/c1=C(/C#N)C(N)=O. The van der Waals surface area contributed by atoms with E-state index in [1.807, 2.05) is 19.0 Å². The molecule has 0 radical (unpaired) electrons. The molecular formula is C20H24N6O4S2. The quantitative estimate of drug-likeness (QED) is 0.417. The van der Waals surface area contributed by atoms with Gasteiger partial charge in [0.15, 0.2) is 5.57 Å². The molecule has 32 heavy (non-hydrogen) atoms. The van der Waals surface area contributed by atoms with E-state index in [1.165, 1.54) is 22.9 Å². The van der Waals surface area contributed by atoms with Gasteiger partial charge in [-0.3, -0.25) is 14.2 Å². The summed E-state index contributed by atoms with van der Waals surface area (Å²) in [5.74, 6) is -0.915. The molecule has 1 aromatic heterocycles. The zero-order valence-corrected chi connectivity index (χ0v) is 19.5. The first kappa shape index (κ1) is 25.1. The molecule has 170 valence electrons. The van der Waals surface area contributed by atoms with Crippen molar-refractivity contribution in [2.75, 3.05) is 32.5 Å². The number of amides is 1. The van der Waals surface area contributed by atoms with Gasteiger partial charge in [-0.1, -0.05) is 11.8 Å². The van der Waals surface area contributed by atoms with E-state index in [-0.39, 0.29) is 32.8 Å². The molecule has 0 atom stereocenters. The Labute approximate surface area is 189 Å². The van der Waals surface area contributed by atoms with Crippen LogP contribution in [0.1, 0.15) is 6.92 Å². The van der Waals surface area contributed by atoms with Crippen LogP contribution in [0.15, 0.2) is 40.2 Å². The maximum atomic E-state index is 12.5. The van der Waals surface area contributed by atoms with Gasteiger partial charge in [0.2, 0.25) is 10.0 Å². The number of hydrogen-bond acceptors (Lipinski definition) is 8. The Balaban J connectivity index is 2.38. The lowest BCUT2D eigenvalue weighted by molar-refractivity contribution is -0.112. The molecule has 4 N–H and O–H groups in total. The van der Waals surface area contributed by atoms with E-state index in [0.29, 0.717) is 12.2 Å². The zero-order chi connectivity index (χ0) is 23.9. The molecule has 0 saturated heterocycles. The van der Waals surface area contributed by atoms with Crippen molar-refractivity contribution in [1.29, 1.82) is 5.26 Å². The number of nitrogens with two attached hydrogens (primary N) is 1. The van der Waals surface area contributed by atoms with E-state index in [9.17, 15) is 23.3 Å². The summed E-state index contributed by atoms with van der Waals surface area (Å²) in [5, 5.41) is 12.1. The summed E-state index contributed by atoms with van der Waals surface area (Å²) in [6.07, 6.45) is 1.36. The maximum absolute atomic E-state index is 12.5. The first-order chi connectivity index (χ1) is 15.1. The van der Waals surface area contributed by atoms with Crippen LogP contribution in [0.4, 0.5) is 5.69 Å². The van der Waals surface area contributed by atoms with E-state index in [1.54, 1.807) is 25.1 Å². The number of sulfonamides is 1. The molecule has 0 aliphatic carbocycles. The van der Waals surface area contributed by atoms with E-state index >= 15 is 0 Å². The highest BCUT2D eigenvalue weighted by Crippen LogP contribution is 2.15. The van der Waals surface area contributed by atoms with Gasteiger partial charge in [0.25, 0.3) is 11.5 Å². The minimum Gasteiger partial charge on any atom is -0.365 e. The second-order valence-corrected chi connectivity index (χ2v) is 9.56. The van der Waals surface area contributed by atoms with Crippen LogP contribution in [0.5, 0.6) is 0 Å². The number of likely N-dealkylation sites (N-methyl/N-ethyl adjacent to an activating group) is 1. The van der Waals surface area contributed by atoms with Crippen LogP contribution in [-0.2, 0) is 21.4 Å². The molecule has 10 nitrogen and oxygen atoms in total. The van der Waals surface area contributed by atoms with Gasteiger partial charge in [-0.05, 0) is 39.2 Å². The third-order valence-corrected chi connectivity index (χ3v) is 6.78. The zero-order valence-electron chi connectivity index (χ0n) is 17.9. The predicted molar refractivity (Wildman–Crippen MR) is 124 cm³/mol. The Morgan fingerprint density at radius 3 is 2.69 bits per heavy atom. The van der Waals surface area contributed by atoms with Gasteiger partial charge in [-0.15, -0.1) is 11.3 Å². The minimum absolute atomic E-state index is 0.0936. The summed E-state index contributed by atoms with van der Waals surface area (Å²) in [4.78, 5) is 26.0. The van der Waals surface area contributed by atoms with Gasteiger partial charge in [-0.2, -0.15) is 5.26 Å². The highest BCUT2D eigenvalue weighted by Gasteiger charge is 2.14. The van der Waals surface area contributed by atoms with Gasteiger partial charge in [0, 0.05) is 31.5 Å². The largest absolute Gasteiger partial charge is 0.365 e. The third-order valence-electron chi connectivity index (χ3n) is 4.21. The summed E-state index contributed by atoms with van der Waals surface area (Å²) in [7, 11) is 0.0275. The van der Waals surface area contributed by atoms with E-state index in [0.717, 1.165) is 11.3 Å². The second-order valence-electron chi connectivity index (χ2n) is 6.80. The van der Waals surface area contributed by atoms with Gasteiger partial charge < -0.3 is 16.0 Å². The standard InChI is InChI=1S/C20H24N6O4S2/c1-4-26-19(28)17(31-20(26)16(13-21)18(22)27)8-9-23-14-6-5-7-15(12-14)32(29,30)24-10-11-25(2)3/h5-7,9,12,23-24H,4,10-11H2,1-3H3,(H2,22,27)/b20-16-. The Morgan fingerprint density at radius 2 is 2.09 bits per heavy atom. The number of carbonyl (C=O) groups is 1. The first-order valence-corrected chi connectivity index (χ1v) is 11.8. The van der Waals surface area contributed by atoms with Crippen molar-refractivity contribution in [1.82, 2.24) is 14.2 Å². The minimum atomic E-state index is -3.67. The fourth-order valence-corrected chi connectivity index (χ4v) is 4.75. The topological polar surface area (TPSA) is 150 Å². The molecular weight excluding hydrogens is 452 g/mol. The Hall–Kier alpha value is -3.20. The molecule has 2 rings (SSSR count). The average Bonchev–Trinajstić information content (AvgIpc) is 3.03. The van der Waals surface area contributed by atoms with E-state index < -0.39 is 21.5 Å². The van der Waals surface area contributed by atoms with Crippen LogP contribution < -0.4 is 30.5 Å². The summed E-state index contributed by atoms with van der Waals surface area (Å²) >= 11 is 0.923. The van der Waals surface area contributed by atoms with Crippen molar-refractivity contribution in [2.45, 2.75) is 18.4 Å². The summed E-state index contributed by atoms with van der Waals surface area (Å²) < 4.78 is 29.0. The van der Waals surface area contributed by atoms with Gasteiger partial charge in [0.05, 0.1) is 4.90 Å². The Bertz CT molecular complexity index is 1360. The second kappa shape index (κ2) is 10.9. The number of carbonyl (C=O) groups excluding carboxylic acids is 1. The summed E-state index contributed by atoms with van der Waals surface area (Å²) in [6.45, 7) is 2.79.